The Morgan fingerprint density at radius 3 is 2.85 bits per heavy atom. The van der Waals surface area contributed by atoms with Crippen LogP contribution in [-0.4, -0.2) is 11.5 Å². The first-order chi connectivity index (χ1) is 9.61. The molecular weight excluding hydrogens is 319 g/mol. The van der Waals surface area contributed by atoms with Crippen molar-refractivity contribution in [1.82, 2.24) is 10.3 Å². The first kappa shape index (κ1) is 15.1. The number of likely N-dealkylation sites (N-methyl/N-ethyl adjacent to an activating group) is 1. The van der Waals surface area contributed by atoms with E-state index in [1.165, 1.54) is 6.07 Å². The van der Waals surface area contributed by atoms with Crippen LogP contribution in [0.3, 0.4) is 0 Å². The SMILES string of the molecule is CCNC(Cc1cc(F)ccc1C)c1ncccc1Br. The molecule has 2 aromatic rings. The van der Waals surface area contributed by atoms with E-state index in [1.807, 2.05) is 25.1 Å². The minimum absolute atomic E-state index is 0.0658. The van der Waals surface area contributed by atoms with E-state index in [0.29, 0.717) is 6.42 Å². The summed E-state index contributed by atoms with van der Waals surface area (Å²) in [5, 5.41) is 3.42. The van der Waals surface area contributed by atoms with E-state index >= 15 is 0 Å². The summed E-state index contributed by atoms with van der Waals surface area (Å²) in [6.07, 6.45) is 2.50. The van der Waals surface area contributed by atoms with Crippen molar-refractivity contribution in [3.05, 3.63) is 63.6 Å². The maximum absolute atomic E-state index is 13.4. The molecule has 0 aliphatic rings. The third kappa shape index (κ3) is 3.64. The highest BCUT2D eigenvalue weighted by molar-refractivity contribution is 9.10. The Labute approximate surface area is 127 Å². The van der Waals surface area contributed by atoms with Crippen LogP contribution in [-0.2, 0) is 6.42 Å². The van der Waals surface area contributed by atoms with E-state index in [2.05, 4.69) is 33.2 Å². The molecule has 0 radical (unpaired) electrons. The van der Waals surface area contributed by atoms with Crippen LogP contribution in [0.5, 0.6) is 0 Å². The van der Waals surface area contributed by atoms with Crippen LogP contribution >= 0.6 is 15.9 Å². The summed E-state index contributed by atoms with van der Waals surface area (Å²) in [4.78, 5) is 4.44. The second kappa shape index (κ2) is 6.95. The number of nitrogens with one attached hydrogen (secondary N) is 1. The van der Waals surface area contributed by atoms with Crippen LogP contribution < -0.4 is 5.32 Å². The molecule has 1 N–H and O–H groups in total. The summed E-state index contributed by atoms with van der Waals surface area (Å²) in [5.41, 5.74) is 3.06. The highest BCUT2D eigenvalue weighted by Crippen LogP contribution is 2.25. The van der Waals surface area contributed by atoms with Gasteiger partial charge in [-0.1, -0.05) is 13.0 Å². The number of hydrogen-bond donors (Lipinski definition) is 1. The quantitative estimate of drug-likeness (QED) is 0.885. The molecule has 0 saturated carbocycles. The number of rotatable bonds is 5. The van der Waals surface area contributed by atoms with Crippen molar-refractivity contribution in [3.8, 4) is 0 Å². The van der Waals surface area contributed by atoms with E-state index in [0.717, 1.165) is 27.8 Å². The summed E-state index contributed by atoms with van der Waals surface area (Å²) in [6.45, 7) is 4.90. The van der Waals surface area contributed by atoms with Crippen LogP contribution in [0.25, 0.3) is 0 Å². The molecule has 1 unspecified atom stereocenters. The minimum Gasteiger partial charge on any atom is -0.309 e. The summed E-state index contributed by atoms with van der Waals surface area (Å²) in [5.74, 6) is -0.194. The van der Waals surface area contributed by atoms with Gasteiger partial charge >= 0.3 is 0 Å². The van der Waals surface area contributed by atoms with E-state index < -0.39 is 0 Å². The molecule has 0 aliphatic heterocycles. The highest BCUT2D eigenvalue weighted by atomic mass is 79.9. The predicted octanol–water partition coefficient (Wildman–Crippen LogP) is 4.18. The van der Waals surface area contributed by atoms with Gasteiger partial charge in [-0.15, -0.1) is 0 Å². The number of nitrogens with zero attached hydrogens (tertiary/aromatic N) is 1. The molecule has 1 aromatic carbocycles. The van der Waals surface area contributed by atoms with Crippen LogP contribution in [0.1, 0.15) is 29.8 Å². The molecule has 20 heavy (non-hydrogen) atoms. The molecule has 2 rings (SSSR count). The van der Waals surface area contributed by atoms with Gasteiger partial charge in [0.05, 0.1) is 11.7 Å². The minimum atomic E-state index is -0.194. The molecule has 2 nitrogen and oxygen atoms in total. The standard InChI is InChI=1S/C16H18BrFN2/c1-3-19-15(16-14(17)5-4-8-20-16)10-12-9-13(18)7-6-11(12)2/h4-9,15,19H,3,10H2,1-2H3. The summed E-state index contributed by atoms with van der Waals surface area (Å²) in [7, 11) is 0. The summed E-state index contributed by atoms with van der Waals surface area (Å²) in [6, 6.07) is 8.86. The molecular formula is C16H18BrFN2. The first-order valence-electron chi connectivity index (χ1n) is 6.70. The van der Waals surface area contributed by atoms with Crippen LogP contribution in [0.15, 0.2) is 41.0 Å². The highest BCUT2D eigenvalue weighted by Gasteiger charge is 2.16. The van der Waals surface area contributed by atoms with Gasteiger partial charge in [-0.25, -0.2) is 4.39 Å². The maximum atomic E-state index is 13.4. The third-order valence-corrected chi connectivity index (χ3v) is 3.97. The van der Waals surface area contributed by atoms with Crippen molar-refractivity contribution in [3.63, 3.8) is 0 Å². The van der Waals surface area contributed by atoms with E-state index in [-0.39, 0.29) is 11.9 Å². The van der Waals surface area contributed by atoms with Gasteiger partial charge < -0.3 is 5.32 Å². The Hall–Kier alpha value is -1.26. The zero-order valence-corrected chi connectivity index (χ0v) is 13.2. The largest absolute Gasteiger partial charge is 0.309 e. The molecule has 0 amide bonds. The maximum Gasteiger partial charge on any atom is 0.123 e. The smallest absolute Gasteiger partial charge is 0.123 e. The Morgan fingerprint density at radius 1 is 1.35 bits per heavy atom. The third-order valence-electron chi connectivity index (χ3n) is 3.30. The lowest BCUT2D eigenvalue weighted by Crippen LogP contribution is -2.24. The number of aromatic nitrogens is 1. The lowest BCUT2D eigenvalue weighted by atomic mass is 9.98. The summed E-state index contributed by atoms with van der Waals surface area (Å²) < 4.78 is 14.4. The fraction of sp³-hybridized carbons (Fsp3) is 0.312. The molecule has 0 fully saturated rings. The zero-order chi connectivity index (χ0) is 14.5. The van der Waals surface area contributed by atoms with Crippen LogP contribution in [0, 0.1) is 12.7 Å². The number of benzene rings is 1. The van der Waals surface area contributed by atoms with Crippen LogP contribution in [0.4, 0.5) is 4.39 Å². The van der Waals surface area contributed by atoms with E-state index in [1.54, 1.807) is 12.3 Å². The molecule has 1 aromatic heterocycles. The van der Waals surface area contributed by atoms with Gasteiger partial charge in [0.25, 0.3) is 0 Å². The molecule has 4 heteroatoms. The molecule has 1 atom stereocenters. The monoisotopic (exact) mass is 336 g/mol. The van der Waals surface area contributed by atoms with Crippen molar-refractivity contribution >= 4 is 15.9 Å². The average molecular weight is 337 g/mol. The number of hydrogen-bond acceptors (Lipinski definition) is 2. The molecule has 0 saturated heterocycles. The molecule has 106 valence electrons. The first-order valence-corrected chi connectivity index (χ1v) is 7.50. The number of halogens is 2. The van der Waals surface area contributed by atoms with E-state index in [9.17, 15) is 4.39 Å². The van der Waals surface area contributed by atoms with Gasteiger partial charge in [0, 0.05) is 10.7 Å². The number of pyridine rings is 1. The fourth-order valence-electron chi connectivity index (χ4n) is 2.25. The van der Waals surface area contributed by atoms with Crippen molar-refractivity contribution < 1.29 is 4.39 Å². The fourth-order valence-corrected chi connectivity index (χ4v) is 2.78. The Balaban J connectivity index is 2.30. The lowest BCUT2D eigenvalue weighted by Gasteiger charge is -2.19. The van der Waals surface area contributed by atoms with Gasteiger partial charge in [-0.3, -0.25) is 4.98 Å². The Bertz CT molecular complexity index is 586. The summed E-state index contributed by atoms with van der Waals surface area (Å²) >= 11 is 3.54. The number of aryl methyl sites for hydroxylation is 1. The van der Waals surface area contributed by atoms with Crippen LogP contribution in [0.2, 0.25) is 0 Å². The van der Waals surface area contributed by atoms with Gasteiger partial charge in [0.2, 0.25) is 0 Å². The zero-order valence-electron chi connectivity index (χ0n) is 11.7. The van der Waals surface area contributed by atoms with Gasteiger partial charge in [0.15, 0.2) is 0 Å². The van der Waals surface area contributed by atoms with Crippen molar-refractivity contribution in [2.45, 2.75) is 26.3 Å². The molecule has 0 aliphatic carbocycles. The molecule has 0 spiro atoms. The second-order valence-electron chi connectivity index (χ2n) is 4.76. The van der Waals surface area contributed by atoms with Gasteiger partial charge in [-0.2, -0.15) is 0 Å². The van der Waals surface area contributed by atoms with Crippen molar-refractivity contribution in [2.75, 3.05) is 6.54 Å². The average Bonchev–Trinajstić information content (AvgIpc) is 2.43. The molecule has 0 bridgehead atoms. The normalized spacial score (nSPS) is 12.4. The molecule has 1 heterocycles. The van der Waals surface area contributed by atoms with Crippen molar-refractivity contribution in [2.24, 2.45) is 0 Å². The lowest BCUT2D eigenvalue weighted by molar-refractivity contribution is 0.531. The topological polar surface area (TPSA) is 24.9 Å². The van der Waals surface area contributed by atoms with E-state index in [4.69, 9.17) is 0 Å². The Morgan fingerprint density at radius 2 is 2.15 bits per heavy atom. The second-order valence-corrected chi connectivity index (χ2v) is 5.61. The van der Waals surface area contributed by atoms with Crippen molar-refractivity contribution in [1.29, 1.82) is 0 Å². The Kier molecular flexibility index (Phi) is 5.26. The van der Waals surface area contributed by atoms with Gasteiger partial charge in [0.1, 0.15) is 5.82 Å². The van der Waals surface area contributed by atoms with Gasteiger partial charge in [-0.05, 0) is 71.2 Å². The predicted molar refractivity (Wildman–Crippen MR) is 83.2 cm³/mol.